The molecule has 0 aliphatic heterocycles. The van der Waals surface area contributed by atoms with Crippen LogP contribution in [0.5, 0.6) is 0 Å². The smallest absolute Gasteiger partial charge is 0.294 e. The zero-order valence-electron chi connectivity index (χ0n) is 4.79. The molecule has 4 heteroatoms. The van der Waals surface area contributed by atoms with Crippen molar-refractivity contribution in [1.82, 2.24) is 0 Å². The van der Waals surface area contributed by atoms with Crippen LogP contribution in [0, 0.1) is 0 Å². The maximum atomic E-state index is 10.4. The second kappa shape index (κ2) is 3.60. The van der Waals surface area contributed by atoms with Gasteiger partial charge in [0.25, 0.3) is 6.47 Å². The zero-order valence-corrected chi connectivity index (χ0v) is 5.60. The van der Waals surface area contributed by atoms with Gasteiger partial charge in [-0.3, -0.25) is 9.00 Å². The van der Waals surface area contributed by atoms with Crippen molar-refractivity contribution < 1.29 is 13.7 Å². The summed E-state index contributed by atoms with van der Waals surface area (Å²) < 4.78 is 14.7. The molecule has 0 amide bonds. The van der Waals surface area contributed by atoms with E-state index >= 15 is 0 Å². The van der Waals surface area contributed by atoms with E-state index in [1.807, 2.05) is 0 Å². The lowest BCUT2D eigenvalue weighted by atomic mass is 10.9. The van der Waals surface area contributed by atoms with Crippen LogP contribution < -0.4 is 0 Å². The van der Waals surface area contributed by atoms with E-state index in [4.69, 9.17) is 0 Å². The van der Waals surface area contributed by atoms with E-state index in [0.29, 0.717) is 6.47 Å². The summed E-state index contributed by atoms with van der Waals surface area (Å²) in [5.74, 6) is 0. The number of hydrogen-bond acceptors (Lipinski definition) is 3. The van der Waals surface area contributed by atoms with Crippen LogP contribution in [0.1, 0.15) is 6.92 Å². The van der Waals surface area contributed by atoms with Gasteiger partial charge in [-0.2, -0.15) is 0 Å². The van der Waals surface area contributed by atoms with Crippen LogP contribution in [-0.4, -0.2) is 22.4 Å². The highest BCUT2D eigenvalue weighted by Crippen LogP contribution is 1.90. The van der Waals surface area contributed by atoms with E-state index < -0.39 is 16.2 Å². The minimum atomic E-state index is -1.06. The molecule has 0 radical (unpaired) electrons. The molecule has 0 saturated heterocycles. The molecule has 0 bridgehead atoms. The van der Waals surface area contributed by atoms with Crippen LogP contribution in [0.4, 0.5) is 0 Å². The van der Waals surface area contributed by atoms with Crippen molar-refractivity contribution in [2.24, 2.45) is 0 Å². The Morgan fingerprint density at radius 2 is 2.25 bits per heavy atom. The fourth-order valence-electron chi connectivity index (χ4n) is 0.156. The Bertz CT molecular complexity index is 101. The summed E-state index contributed by atoms with van der Waals surface area (Å²) in [5, 5.41) is 0. The van der Waals surface area contributed by atoms with E-state index in [0.717, 1.165) is 0 Å². The first kappa shape index (κ1) is 7.62. The summed E-state index contributed by atoms with van der Waals surface area (Å²) in [4.78, 5) is 9.56. The molecule has 0 N–H and O–H groups in total. The van der Waals surface area contributed by atoms with Gasteiger partial charge >= 0.3 is 0 Å². The molecule has 0 aliphatic rings. The van der Waals surface area contributed by atoms with Crippen molar-refractivity contribution in [1.29, 1.82) is 0 Å². The van der Waals surface area contributed by atoms with Gasteiger partial charge in [0.1, 0.15) is 0 Å². The van der Waals surface area contributed by atoms with Gasteiger partial charge in [-0.1, -0.05) is 0 Å². The summed E-state index contributed by atoms with van der Waals surface area (Å²) >= 11 is 0. The fraction of sp³-hybridized carbons (Fsp3) is 0.750. The van der Waals surface area contributed by atoms with Crippen molar-refractivity contribution in [3.8, 4) is 0 Å². The maximum Gasteiger partial charge on any atom is 0.294 e. The minimum Gasteiger partial charge on any atom is -0.451 e. The third kappa shape index (κ3) is 2.74. The summed E-state index contributed by atoms with van der Waals surface area (Å²) in [6.07, 6.45) is 1.48. The topological polar surface area (TPSA) is 43.4 Å². The van der Waals surface area contributed by atoms with Gasteiger partial charge in [0, 0.05) is 6.26 Å². The maximum absolute atomic E-state index is 10.4. The van der Waals surface area contributed by atoms with Gasteiger partial charge in [-0.15, -0.1) is 0 Å². The second-order valence-corrected chi connectivity index (χ2v) is 2.96. The van der Waals surface area contributed by atoms with E-state index in [1.165, 1.54) is 6.26 Å². The lowest BCUT2D eigenvalue weighted by Gasteiger charge is -2.02. The van der Waals surface area contributed by atoms with E-state index in [2.05, 4.69) is 4.74 Å². The van der Waals surface area contributed by atoms with Gasteiger partial charge < -0.3 is 4.74 Å². The molecular formula is C4H8O3S. The van der Waals surface area contributed by atoms with Crippen molar-refractivity contribution in [2.75, 3.05) is 6.26 Å². The lowest BCUT2D eigenvalue weighted by Crippen LogP contribution is -2.12. The Morgan fingerprint density at radius 3 is 2.38 bits per heavy atom. The fourth-order valence-corrected chi connectivity index (χ4v) is 0.358. The van der Waals surface area contributed by atoms with Crippen molar-refractivity contribution in [3.63, 3.8) is 0 Å². The SMILES string of the molecule is CC(OC=O)S(C)=O. The average molecular weight is 136 g/mol. The predicted octanol–water partition coefficient (Wildman–Crippen LogP) is -0.116. The zero-order chi connectivity index (χ0) is 6.57. The molecule has 0 aliphatic carbocycles. The standard InChI is InChI=1S/C4H8O3S/c1-4(7-3-5)8(2)6/h3-4H,1-2H3. The Balaban J connectivity index is 3.46. The number of carbonyl (C=O) groups excluding carboxylic acids is 1. The number of ether oxygens (including phenoxy) is 1. The van der Waals surface area contributed by atoms with E-state index in [9.17, 15) is 9.00 Å². The van der Waals surface area contributed by atoms with Crippen molar-refractivity contribution in [2.45, 2.75) is 12.4 Å². The molecule has 8 heavy (non-hydrogen) atoms. The Morgan fingerprint density at radius 1 is 1.75 bits per heavy atom. The highest BCUT2D eigenvalue weighted by atomic mass is 32.2. The largest absolute Gasteiger partial charge is 0.451 e. The quantitative estimate of drug-likeness (QED) is 0.508. The highest BCUT2D eigenvalue weighted by molar-refractivity contribution is 7.84. The van der Waals surface area contributed by atoms with Gasteiger partial charge in [-0.05, 0) is 6.92 Å². The monoisotopic (exact) mass is 136 g/mol. The molecule has 2 atom stereocenters. The molecule has 0 heterocycles. The van der Waals surface area contributed by atoms with E-state index in [1.54, 1.807) is 6.92 Å². The van der Waals surface area contributed by atoms with Crippen molar-refractivity contribution in [3.05, 3.63) is 0 Å². The molecule has 0 rings (SSSR count). The van der Waals surface area contributed by atoms with Crippen LogP contribution in [-0.2, 0) is 20.3 Å². The van der Waals surface area contributed by atoms with Crippen LogP contribution in [0.2, 0.25) is 0 Å². The molecule has 0 fully saturated rings. The first-order chi connectivity index (χ1) is 3.68. The molecule has 2 unspecified atom stereocenters. The lowest BCUT2D eigenvalue weighted by molar-refractivity contribution is -0.129. The van der Waals surface area contributed by atoms with Crippen LogP contribution >= 0.6 is 0 Å². The van der Waals surface area contributed by atoms with E-state index in [-0.39, 0.29) is 0 Å². The second-order valence-electron chi connectivity index (χ2n) is 1.30. The number of carbonyl (C=O) groups is 1. The predicted molar refractivity (Wildman–Crippen MR) is 30.7 cm³/mol. The number of rotatable bonds is 3. The summed E-state index contributed by atoms with van der Waals surface area (Å²) in [7, 11) is -1.06. The minimum absolute atomic E-state index is 0.298. The van der Waals surface area contributed by atoms with Gasteiger partial charge in [0.05, 0.1) is 10.8 Å². The molecule has 0 aromatic rings. The molecule has 0 saturated carbocycles. The van der Waals surface area contributed by atoms with Crippen LogP contribution in [0.15, 0.2) is 0 Å². The molecule has 0 aromatic carbocycles. The average Bonchev–Trinajstić information content (AvgIpc) is 1.67. The number of hydrogen-bond donors (Lipinski definition) is 0. The normalized spacial score (nSPS) is 16.8. The van der Waals surface area contributed by atoms with Gasteiger partial charge in [0.15, 0.2) is 5.44 Å². The summed E-state index contributed by atoms with van der Waals surface area (Å²) in [6.45, 7) is 1.87. The van der Waals surface area contributed by atoms with Gasteiger partial charge in [-0.25, -0.2) is 0 Å². The molecular weight excluding hydrogens is 128 g/mol. The first-order valence-corrected chi connectivity index (χ1v) is 3.72. The van der Waals surface area contributed by atoms with Crippen molar-refractivity contribution >= 4 is 17.3 Å². The van der Waals surface area contributed by atoms with Crippen LogP contribution in [0.3, 0.4) is 0 Å². The molecule has 0 spiro atoms. The molecule has 0 aromatic heterocycles. The molecule has 3 nitrogen and oxygen atoms in total. The Hall–Kier alpha value is -0.380. The van der Waals surface area contributed by atoms with Crippen LogP contribution in [0.25, 0.3) is 0 Å². The summed E-state index contributed by atoms with van der Waals surface area (Å²) in [5.41, 5.74) is -0.479. The Labute approximate surface area is 50.5 Å². The third-order valence-electron chi connectivity index (χ3n) is 0.715. The summed E-state index contributed by atoms with van der Waals surface area (Å²) in [6, 6.07) is 0. The first-order valence-electron chi connectivity index (χ1n) is 2.10. The highest BCUT2D eigenvalue weighted by Gasteiger charge is 2.02. The molecule has 48 valence electrons. The van der Waals surface area contributed by atoms with Gasteiger partial charge in [0.2, 0.25) is 0 Å². The Kier molecular flexibility index (Phi) is 3.43. The third-order valence-corrected chi connectivity index (χ3v) is 1.76.